The van der Waals surface area contributed by atoms with Crippen LogP contribution in [-0.4, -0.2) is 60.1 Å². The Morgan fingerprint density at radius 1 is 1.10 bits per heavy atom. The van der Waals surface area contributed by atoms with Crippen molar-refractivity contribution >= 4 is 9.28 Å². The second-order valence-electron chi connectivity index (χ2n) is 5.65. The van der Waals surface area contributed by atoms with E-state index in [1.165, 1.54) is 32.5 Å². The Morgan fingerprint density at radius 3 is 2.25 bits per heavy atom. The van der Waals surface area contributed by atoms with Crippen molar-refractivity contribution in [3.05, 3.63) is 0 Å². The molecule has 4 nitrogen and oxygen atoms in total. The Labute approximate surface area is 127 Å². The number of nitrogens with one attached hydrogen (secondary N) is 1. The summed E-state index contributed by atoms with van der Waals surface area (Å²) in [6, 6.07) is 0. The molecule has 20 heavy (non-hydrogen) atoms. The van der Waals surface area contributed by atoms with Crippen molar-refractivity contribution in [3.63, 3.8) is 0 Å². The Kier molecular flexibility index (Phi) is 10.6. The zero-order chi connectivity index (χ0) is 14.6. The van der Waals surface area contributed by atoms with E-state index in [-0.39, 0.29) is 0 Å². The summed E-state index contributed by atoms with van der Waals surface area (Å²) in [7, 11) is -1.08. The van der Waals surface area contributed by atoms with Gasteiger partial charge in [-0.2, -0.15) is 0 Å². The summed E-state index contributed by atoms with van der Waals surface area (Å²) in [5.74, 6) is 0. The minimum atomic E-state index is -1.08. The lowest BCUT2D eigenvalue weighted by Crippen LogP contribution is -2.43. The molecule has 0 aliphatic carbocycles. The lowest BCUT2D eigenvalue weighted by atomic mass is 10.2. The Balaban J connectivity index is 2.19. The van der Waals surface area contributed by atoms with Gasteiger partial charge in [0, 0.05) is 44.9 Å². The monoisotopic (exact) mass is 301 g/mol. The zero-order valence-corrected chi connectivity index (χ0v) is 14.6. The van der Waals surface area contributed by atoms with E-state index in [0.29, 0.717) is 5.54 Å². The van der Waals surface area contributed by atoms with E-state index in [2.05, 4.69) is 31.0 Å². The molecule has 0 bridgehead atoms. The van der Waals surface area contributed by atoms with Crippen LogP contribution in [-0.2, 0) is 8.85 Å². The lowest BCUT2D eigenvalue weighted by Gasteiger charge is -2.28. The van der Waals surface area contributed by atoms with Crippen LogP contribution in [0.3, 0.4) is 0 Å². The first kappa shape index (κ1) is 18.1. The number of hydrogen-bond donors (Lipinski definition) is 1. The van der Waals surface area contributed by atoms with E-state index in [4.69, 9.17) is 8.85 Å². The maximum Gasteiger partial charge on any atom is 0.387 e. The van der Waals surface area contributed by atoms with Crippen LogP contribution in [0.25, 0.3) is 0 Å². The molecule has 0 saturated carbocycles. The van der Waals surface area contributed by atoms with E-state index in [0.717, 1.165) is 39.1 Å². The molecule has 5 heteroatoms. The number of nitrogens with zero attached hydrogens (tertiary/aromatic N) is 1. The first-order valence-electron chi connectivity index (χ1n) is 8.33. The molecule has 0 aromatic heterocycles. The fourth-order valence-electron chi connectivity index (χ4n) is 2.41. The van der Waals surface area contributed by atoms with Gasteiger partial charge in [-0.3, -0.25) is 0 Å². The van der Waals surface area contributed by atoms with Crippen LogP contribution in [0.4, 0.5) is 0 Å². The molecule has 1 rings (SSSR count). The number of piperazine rings is 1. The van der Waals surface area contributed by atoms with E-state index >= 15 is 0 Å². The molecular weight excluding hydrogens is 268 g/mol. The predicted octanol–water partition coefficient (Wildman–Crippen LogP) is 2.40. The first-order valence-corrected chi connectivity index (χ1v) is 9.72. The van der Waals surface area contributed by atoms with Crippen LogP contribution in [0.1, 0.15) is 46.5 Å². The maximum atomic E-state index is 5.95. The molecule has 1 aliphatic rings. The van der Waals surface area contributed by atoms with Gasteiger partial charge in [0.15, 0.2) is 0 Å². The summed E-state index contributed by atoms with van der Waals surface area (Å²) in [5, 5.41) is 3.40. The second-order valence-corrected chi connectivity index (χ2v) is 7.85. The number of rotatable bonds is 11. The highest BCUT2D eigenvalue weighted by Crippen LogP contribution is 2.19. The zero-order valence-electron chi connectivity index (χ0n) is 13.6. The molecule has 1 fully saturated rings. The van der Waals surface area contributed by atoms with Crippen molar-refractivity contribution in [2.24, 2.45) is 0 Å². The van der Waals surface area contributed by atoms with Gasteiger partial charge in [0.2, 0.25) is 0 Å². The highest BCUT2D eigenvalue weighted by molar-refractivity contribution is 6.46. The summed E-state index contributed by atoms with van der Waals surface area (Å²) in [5.41, 5.74) is 0.584. The smallest absolute Gasteiger partial charge is 0.387 e. The predicted molar refractivity (Wildman–Crippen MR) is 86.2 cm³/mol. The SMILES string of the molecule is CCCO[Si](OCCC)C(C)CCCN1CCNCC1. The normalized spacial score (nSPS) is 18.6. The van der Waals surface area contributed by atoms with Crippen molar-refractivity contribution < 1.29 is 8.85 Å². The molecule has 0 spiro atoms. The van der Waals surface area contributed by atoms with Gasteiger partial charge in [-0.1, -0.05) is 20.8 Å². The molecule has 1 radical (unpaired) electrons. The van der Waals surface area contributed by atoms with Crippen molar-refractivity contribution in [1.29, 1.82) is 0 Å². The number of hydrogen-bond acceptors (Lipinski definition) is 4. The molecule has 1 aliphatic heterocycles. The Bertz CT molecular complexity index is 218. The van der Waals surface area contributed by atoms with Gasteiger partial charge in [0.1, 0.15) is 0 Å². The van der Waals surface area contributed by atoms with Crippen molar-refractivity contribution in [1.82, 2.24) is 10.2 Å². The van der Waals surface area contributed by atoms with Gasteiger partial charge in [-0.15, -0.1) is 0 Å². The fourth-order valence-corrected chi connectivity index (χ4v) is 4.31. The van der Waals surface area contributed by atoms with Crippen molar-refractivity contribution in [2.45, 2.75) is 52.0 Å². The minimum absolute atomic E-state index is 0.584. The average molecular weight is 302 g/mol. The van der Waals surface area contributed by atoms with E-state index in [1.54, 1.807) is 0 Å². The molecule has 119 valence electrons. The third-order valence-corrected chi connectivity index (χ3v) is 5.69. The second kappa shape index (κ2) is 11.7. The maximum absolute atomic E-state index is 5.95. The largest absolute Gasteiger partial charge is 0.393 e. The molecule has 1 atom stereocenters. The molecule has 1 heterocycles. The van der Waals surface area contributed by atoms with Crippen LogP contribution < -0.4 is 5.32 Å². The lowest BCUT2D eigenvalue weighted by molar-refractivity contribution is 0.185. The van der Waals surface area contributed by atoms with Crippen molar-refractivity contribution in [3.8, 4) is 0 Å². The van der Waals surface area contributed by atoms with Gasteiger partial charge >= 0.3 is 9.28 Å². The Morgan fingerprint density at radius 2 is 1.70 bits per heavy atom. The molecule has 0 amide bonds. The van der Waals surface area contributed by atoms with Gasteiger partial charge in [-0.25, -0.2) is 0 Å². The van der Waals surface area contributed by atoms with Gasteiger partial charge in [0.25, 0.3) is 0 Å². The molecule has 1 saturated heterocycles. The van der Waals surface area contributed by atoms with Crippen LogP contribution >= 0.6 is 0 Å². The van der Waals surface area contributed by atoms with Crippen molar-refractivity contribution in [2.75, 3.05) is 45.9 Å². The third-order valence-electron chi connectivity index (χ3n) is 3.62. The first-order chi connectivity index (χ1) is 9.77. The average Bonchev–Trinajstić information content (AvgIpc) is 2.48. The quantitative estimate of drug-likeness (QED) is 0.594. The van der Waals surface area contributed by atoms with Crippen LogP contribution in [0.15, 0.2) is 0 Å². The molecule has 1 N–H and O–H groups in total. The van der Waals surface area contributed by atoms with Gasteiger partial charge in [-0.05, 0) is 32.2 Å². The van der Waals surface area contributed by atoms with Crippen LogP contribution in [0.5, 0.6) is 0 Å². The van der Waals surface area contributed by atoms with E-state index in [1.807, 2.05) is 0 Å². The highest BCUT2D eigenvalue weighted by atomic mass is 28.3. The summed E-state index contributed by atoms with van der Waals surface area (Å²) in [4.78, 5) is 2.56. The molecule has 0 aromatic rings. The van der Waals surface area contributed by atoms with E-state index in [9.17, 15) is 0 Å². The summed E-state index contributed by atoms with van der Waals surface area (Å²) >= 11 is 0. The fraction of sp³-hybridized carbons (Fsp3) is 1.00. The van der Waals surface area contributed by atoms with Gasteiger partial charge in [0.05, 0.1) is 0 Å². The Hall–Kier alpha value is 0.0569. The van der Waals surface area contributed by atoms with E-state index < -0.39 is 9.28 Å². The molecule has 0 aromatic carbocycles. The summed E-state index contributed by atoms with van der Waals surface area (Å²) in [6.45, 7) is 14.2. The standard InChI is InChI=1S/C15H33N2O2Si/c1-4-13-18-20(19-14-5-2)15(3)7-6-10-17-11-8-16-9-12-17/h15-16H,4-14H2,1-3H3. The minimum Gasteiger partial charge on any atom is -0.393 e. The van der Waals surface area contributed by atoms with Crippen LogP contribution in [0, 0.1) is 0 Å². The summed E-state index contributed by atoms with van der Waals surface area (Å²) in [6.07, 6.45) is 4.65. The molecule has 1 unspecified atom stereocenters. The highest BCUT2D eigenvalue weighted by Gasteiger charge is 2.24. The topological polar surface area (TPSA) is 33.7 Å². The summed E-state index contributed by atoms with van der Waals surface area (Å²) < 4.78 is 11.9. The van der Waals surface area contributed by atoms with Gasteiger partial charge < -0.3 is 19.1 Å². The molecular formula is C15H33N2O2Si. The third kappa shape index (κ3) is 7.74. The van der Waals surface area contributed by atoms with Crippen LogP contribution in [0.2, 0.25) is 5.54 Å².